The normalized spacial score (nSPS) is 16.7. The van der Waals surface area contributed by atoms with Gasteiger partial charge in [-0.05, 0) is 0 Å². The van der Waals surface area contributed by atoms with E-state index in [0.29, 0.717) is 5.69 Å². The molecule has 104 valence electrons. The van der Waals surface area contributed by atoms with Gasteiger partial charge < -0.3 is 10.8 Å². The fourth-order valence-corrected chi connectivity index (χ4v) is 2.40. The van der Waals surface area contributed by atoms with Crippen molar-refractivity contribution in [3.8, 4) is 0 Å². The highest BCUT2D eigenvalue weighted by Gasteiger charge is 2.53. The molecule has 0 saturated carbocycles. The molecule has 0 radical (unpaired) electrons. The topological polar surface area (TPSA) is 59.1 Å². The van der Waals surface area contributed by atoms with E-state index in [1.807, 2.05) is 20.8 Å². The number of nitrogens with two attached hydrogens (primary N) is 1. The zero-order valence-corrected chi connectivity index (χ0v) is 11.3. The Morgan fingerprint density at radius 2 is 1.89 bits per heavy atom. The van der Waals surface area contributed by atoms with Gasteiger partial charge in [0, 0.05) is 23.8 Å². The zero-order chi connectivity index (χ0) is 14.2. The lowest BCUT2D eigenvalue weighted by Gasteiger charge is -2.28. The highest BCUT2D eigenvalue weighted by atomic mass is 32.1. The van der Waals surface area contributed by atoms with Crippen LogP contribution in [0.25, 0.3) is 0 Å². The van der Waals surface area contributed by atoms with Crippen molar-refractivity contribution < 1.29 is 18.3 Å². The quantitative estimate of drug-likeness (QED) is 0.894. The predicted molar refractivity (Wildman–Crippen MR) is 64.6 cm³/mol. The van der Waals surface area contributed by atoms with Crippen molar-refractivity contribution in [2.24, 2.45) is 5.73 Å². The van der Waals surface area contributed by atoms with E-state index in [4.69, 9.17) is 5.73 Å². The average molecular weight is 282 g/mol. The monoisotopic (exact) mass is 282 g/mol. The number of alkyl halides is 3. The van der Waals surface area contributed by atoms with Crippen LogP contribution < -0.4 is 5.73 Å². The van der Waals surface area contributed by atoms with Gasteiger partial charge in [0.15, 0.2) is 5.60 Å². The maximum atomic E-state index is 12.7. The summed E-state index contributed by atoms with van der Waals surface area (Å²) in [4.78, 5) is 4.13. The second kappa shape index (κ2) is 4.79. The van der Waals surface area contributed by atoms with E-state index in [2.05, 4.69) is 4.98 Å². The minimum absolute atomic E-state index is 0.228. The van der Waals surface area contributed by atoms with Crippen LogP contribution in [0.4, 0.5) is 13.2 Å². The molecule has 1 aromatic rings. The molecule has 0 saturated heterocycles. The van der Waals surface area contributed by atoms with Gasteiger partial charge in [0.05, 0.1) is 10.7 Å². The second-order valence-electron chi connectivity index (χ2n) is 5.29. The van der Waals surface area contributed by atoms with Crippen molar-refractivity contribution in [1.29, 1.82) is 0 Å². The number of aromatic nitrogens is 1. The number of aliphatic hydroxyl groups is 1. The molecule has 0 fully saturated rings. The van der Waals surface area contributed by atoms with Gasteiger partial charge in [0.1, 0.15) is 0 Å². The number of halogens is 3. The van der Waals surface area contributed by atoms with Gasteiger partial charge >= 0.3 is 6.18 Å². The first kappa shape index (κ1) is 15.4. The predicted octanol–water partition coefficient (Wildman–Crippen LogP) is 2.24. The molecule has 3 nitrogen and oxygen atoms in total. The summed E-state index contributed by atoms with van der Waals surface area (Å²) in [5, 5.41) is 11.5. The first-order valence-electron chi connectivity index (χ1n) is 5.44. The molecule has 0 aromatic carbocycles. The Hall–Kier alpha value is -0.660. The third-order valence-electron chi connectivity index (χ3n) is 2.63. The van der Waals surface area contributed by atoms with Crippen molar-refractivity contribution in [3.05, 3.63) is 16.1 Å². The minimum Gasteiger partial charge on any atom is -0.379 e. The van der Waals surface area contributed by atoms with Gasteiger partial charge in [0.2, 0.25) is 0 Å². The van der Waals surface area contributed by atoms with E-state index in [9.17, 15) is 18.3 Å². The summed E-state index contributed by atoms with van der Waals surface area (Å²) in [6.07, 6.45) is -5.36. The van der Waals surface area contributed by atoms with Crippen molar-refractivity contribution in [1.82, 2.24) is 4.98 Å². The summed E-state index contributed by atoms with van der Waals surface area (Å²) in [7, 11) is 0. The molecule has 0 amide bonds. The van der Waals surface area contributed by atoms with E-state index in [1.165, 1.54) is 0 Å². The number of hydrogen-bond acceptors (Lipinski definition) is 4. The van der Waals surface area contributed by atoms with E-state index in [1.54, 1.807) is 5.38 Å². The fraction of sp³-hybridized carbons (Fsp3) is 0.727. The van der Waals surface area contributed by atoms with Crippen LogP contribution in [0.5, 0.6) is 0 Å². The first-order valence-corrected chi connectivity index (χ1v) is 6.31. The van der Waals surface area contributed by atoms with Gasteiger partial charge in [-0.2, -0.15) is 13.2 Å². The Kier molecular flexibility index (Phi) is 4.10. The number of rotatable bonds is 3. The Labute approximate surface area is 108 Å². The Balaban J connectivity index is 2.94. The molecule has 0 aliphatic rings. The summed E-state index contributed by atoms with van der Waals surface area (Å²) in [6, 6.07) is 0. The molecule has 1 atom stereocenters. The third kappa shape index (κ3) is 3.21. The Bertz CT molecular complexity index is 411. The average Bonchev–Trinajstić information content (AvgIpc) is 2.63. The summed E-state index contributed by atoms with van der Waals surface area (Å²) >= 11 is 1.11. The molecule has 7 heteroatoms. The molecule has 18 heavy (non-hydrogen) atoms. The number of hydrogen-bond donors (Lipinski definition) is 2. The molecule has 0 aliphatic heterocycles. The van der Waals surface area contributed by atoms with Crippen LogP contribution in [0.3, 0.4) is 0 Å². The molecular formula is C11H17F3N2OS. The van der Waals surface area contributed by atoms with Crippen LogP contribution in [0.1, 0.15) is 31.5 Å². The lowest BCUT2D eigenvalue weighted by Crippen LogP contribution is -2.52. The standard InChI is InChI=1S/C11H17F3N2OS/c1-9(2,3)7-5-18-8(16-7)4-10(17,6-15)11(12,13)14/h5,17H,4,6,15H2,1-3H3. The minimum atomic E-state index is -4.75. The van der Waals surface area contributed by atoms with Crippen LogP contribution >= 0.6 is 11.3 Å². The Morgan fingerprint density at radius 1 is 1.33 bits per heavy atom. The largest absolute Gasteiger partial charge is 0.418 e. The molecule has 1 aromatic heterocycles. The van der Waals surface area contributed by atoms with E-state index >= 15 is 0 Å². The maximum absolute atomic E-state index is 12.7. The van der Waals surface area contributed by atoms with Gasteiger partial charge in [-0.15, -0.1) is 11.3 Å². The van der Waals surface area contributed by atoms with Gasteiger partial charge in [-0.1, -0.05) is 20.8 Å². The molecule has 1 unspecified atom stereocenters. The Morgan fingerprint density at radius 3 is 2.22 bits per heavy atom. The highest BCUT2D eigenvalue weighted by molar-refractivity contribution is 7.09. The smallest absolute Gasteiger partial charge is 0.379 e. The fourth-order valence-electron chi connectivity index (χ4n) is 1.27. The lowest BCUT2D eigenvalue weighted by molar-refractivity contribution is -0.255. The molecule has 0 bridgehead atoms. The summed E-state index contributed by atoms with van der Waals surface area (Å²) in [6.45, 7) is 4.89. The van der Waals surface area contributed by atoms with E-state index in [0.717, 1.165) is 11.3 Å². The lowest BCUT2D eigenvalue weighted by atomic mass is 9.93. The van der Waals surface area contributed by atoms with Crippen LogP contribution in [0.15, 0.2) is 5.38 Å². The second-order valence-corrected chi connectivity index (χ2v) is 6.23. The van der Waals surface area contributed by atoms with Gasteiger partial charge in [0.25, 0.3) is 0 Å². The van der Waals surface area contributed by atoms with Crippen LogP contribution in [0, 0.1) is 0 Å². The summed E-state index contributed by atoms with van der Waals surface area (Å²) in [5.74, 6) is 0. The van der Waals surface area contributed by atoms with Crippen molar-refractivity contribution in [2.45, 2.75) is 44.4 Å². The molecule has 3 N–H and O–H groups in total. The molecule has 0 spiro atoms. The molecule has 0 aliphatic carbocycles. The summed E-state index contributed by atoms with van der Waals surface area (Å²) < 4.78 is 38.0. The SMILES string of the molecule is CC(C)(C)c1csc(CC(O)(CN)C(F)(F)F)n1. The van der Waals surface area contributed by atoms with Crippen molar-refractivity contribution >= 4 is 11.3 Å². The first-order chi connectivity index (χ1) is 7.99. The highest BCUT2D eigenvalue weighted by Crippen LogP contribution is 2.34. The molecular weight excluding hydrogens is 265 g/mol. The van der Waals surface area contributed by atoms with Crippen molar-refractivity contribution in [3.63, 3.8) is 0 Å². The van der Waals surface area contributed by atoms with E-state index in [-0.39, 0.29) is 10.4 Å². The zero-order valence-electron chi connectivity index (χ0n) is 10.5. The number of nitrogens with zero attached hydrogens (tertiary/aromatic N) is 1. The van der Waals surface area contributed by atoms with Crippen molar-refractivity contribution in [2.75, 3.05) is 6.54 Å². The molecule has 1 heterocycles. The maximum Gasteiger partial charge on any atom is 0.418 e. The summed E-state index contributed by atoms with van der Waals surface area (Å²) in [5.41, 5.74) is 2.62. The van der Waals surface area contributed by atoms with E-state index < -0.39 is 24.7 Å². The van der Waals surface area contributed by atoms with Crippen LogP contribution in [-0.4, -0.2) is 28.4 Å². The molecule has 1 rings (SSSR count). The van der Waals surface area contributed by atoms with Crippen LogP contribution in [0.2, 0.25) is 0 Å². The van der Waals surface area contributed by atoms with Crippen LogP contribution in [-0.2, 0) is 11.8 Å². The van der Waals surface area contributed by atoms with Gasteiger partial charge in [-0.3, -0.25) is 0 Å². The number of thiazole rings is 1. The van der Waals surface area contributed by atoms with Gasteiger partial charge in [-0.25, -0.2) is 4.98 Å². The third-order valence-corrected chi connectivity index (χ3v) is 3.48.